The molecule has 0 bridgehead atoms. The van der Waals surface area contributed by atoms with Crippen molar-refractivity contribution in [3.63, 3.8) is 0 Å². The van der Waals surface area contributed by atoms with E-state index in [1.165, 1.54) is 11.8 Å². The van der Waals surface area contributed by atoms with Crippen LogP contribution >= 0.6 is 39.9 Å². The normalized spacial score (nSPS) is 15.2. The number of thioether (sulfide) groups is 1. The third kappa shape index (κ3) is 4.94. The number of ether oxygens (including phenoxy) is 3. The summed E-state index contributed by atoms with van der Waals surface area (Å²) in [6.07, 6.45) is 1.82. The van der Waals surface area contributed by atoms with Gasteiger partial charge in [0.05, 0.1) is 32.3 Å². The Bertz CT molecular complexity index is 960. The van der Waals surface area contributed by atoms with Crippen LogP contribution in [0.3, 0.4) is 0 Å². The second-order valence-electron chi connectivity index (χ2n) is 6.07. The summed E-state index contributed by atoms with van der Waals surface area (Å²) >= 11 is 10.3. The monoisotopic (exact) mass is 493 g/mol. The van der Waals surface area contributed by atoms with Gasteiger partial charge in [-0.15, -0.1) is 0 Å². The van der Waals surface area contributed by atoms with Crippen molar-refractivity contribution < 1.29 is 19.0 Å². The Balaban J connectivity index is 1.84. The van der Waals surface area contributed by atoms with Crippen molar-refractivity contribution in [3.8, 4) is 17.2 Å². The summed E-state index contributed by atoms with van der Waals surface area (Å²) < 4.78 is 17.5. The van der Waals surface area contributed by atoms with Crippen molar-refractivity contribution in [1.82, 2.24) is 4.90 Å². The Hall–Kier alpha value is -2.03. The van der Waals surface area contributed by atoms with Crippen molar-refractivity contribution in [2.24, 2.45) is 0 Å². The smallest absolute Gasteiger partial charge is 0.266 e. The molecular weight excluding hydrogens is 474 g/mol. The lowest BCUT2D eigenvalue weighted by Gasteiger charge is -2.14. The Morgan fingerprint density at radius 2 is 1.86 bits per heavy atom. The molecule has 0 atom stereocenters. The zero-order chi connectivity index (χ0) is 21.0. The molecule has 5 nitrogen and oxygen atoms in total. The van der Waals surface area contributed by atoms with Gasteiger partial charge in [0.2, 0.25) is 0 Å². The molecule has 0 radical (unpaired) electrons. The van der Waals surface area contributed by atoms with E-state index in [9.17, 15) is 4.79 Å². The van der Waals surface area contributed by atoms with Crippen molar-refractivity contribution in [1.29, 1.82) is 0 Å². The van der Waals surface area contributed by atoms with Crippen molar-refractivity contribution in [2.45, 2.75) is 13.5 Å². The van der Waals surface area contributed by atoms with Crippen molar-refractivity contribution in [2.75, 3.05) is 20.8 Å². The van der Waals surface area contributed by atoms with Gasteiger partial charge < -0.3 is 14.2 Å². The molecule has 1 saturated heterocycles. The number of benzene rings is 2. The fraction of sp³-hybridized carbons (Fsp3) is 0.238. The first-order valence-corrected chi connectivity index (χ1v) is 10.9. The van der Waals surface area contributed by atoms with Crippen LogP contribution in [0.4, 0.5) is 0 Å². The van der Waals surface area contributed by atoms with Crippen LogP contribution in [0.25, 0.3) is 6.08 Å². The molecule has 0 saturated carbocycles. The third-order valence-electron chi connectivity index (χ3n) is 4.24. The second kappa shape index (κ2) is 9.65. The second-order valence-corrected chi connectivity index (χ2v) is 8.60. The van der Waals surface area contributed by atoms with Crippen LogP contribution in [-0.2, 0) is 11.3 Å². The first-order chi connectivity index (χ1) is 14.0. The quantitative estimate of drug-likeness (QED) is 0.386. The lowest BCUT2D eigenvalue weighted by molar-refractivity contribution is -0.122. The van der Waals surface area contributed by atoms with Crippen LogP contribution in [0, 0.1) is 0 Å². The highest BCUT2D eigenvalue weighted by molar-refractivity contribution is 9.10. The van der Waals surface area contributed by atoms with Gasteiger partial charge in [0.25, 0.3) is 5.91 Å². The molecule has 1 heterocycles. The number of hydrogen-bond donors (Lipinski definition) is 0. The van der Waals surface area contributed by atoms with E-state index in [-0.39, 0.29) is 5.91 Å². The zero-order valence-corrected chi connectivity index (χ0v) is 19.4. The Morgan fingerprint density at radius 3 is 2.48 bits per heavy atom. The molecule has 1 aliphatic rings. The molecule has 2 aromatic rings. The highest BCUT2D eigenvalue weighted by Crippen LogP contribution is 2.38. The van der Waals surface area contributed by atoms with Gasteiger partial charge in [0.1, 0.15) is 10.1 Å². The van der Waals surface area contributed by atoms with Gasteiger partial charge >= 0.3 is 0 Å². The predicted octanol–water partition coefficient (Wildman–Crippen LogP) is 5.27. The lowest BCUT2D eigenvalue weighted by atomic mass is 10.1. The molecule has 0 N–H and O–H groups in total. The molecule has 29 heavy (non-hydrogen) atoms. The lowest BCUT2D eigenvalue weighted by Crippen LogP contribution is -2.27. The van der Waals surface area contributed by atoms with E-state index in [0.717, 1.165) is 21.3 Å². The maximum absolute atomic E-state index is 12.9. The third-order valence-corrected chi connectivity index (χ3v) is 6.31. The largest absolute Gasteiger partial charge is 0.497 e. The summed E-state index contributed by atoms with van der Waals surface area (Å²) in [4.78, 5) is 15.1. The number of nitrogens with zero attached hydrogens (tertiary/aromatic N) is 1. The summed E-state index contributed by atoms with van der Waals surface area (Å²) in [6, 6.07) is 11.3. The van der Waals surface area contributed by atoms with Gasteiger partial charge in [-0.3, -0.25) is 9.69 Å². The van der Waals surface area contributed by atoms with Crippen LogP contribution < -0.4 is 14.2 Å². The van der Waals surface area contributed by atoms with E-state index < -0.39 is 0 Å². The van der Waals surface area contributed by atoms with Crippen LogP contribution in [0.1, 0.15) is 18.1 Å². The summed E-state index contributed by atoms with van der Waals surface area (Å²) in [6.45, 7) is 2.84. The molecule has 3 rings (SSSR count). The minimum absolute atomic E-state index is 0.114. The van der Waals surface area contributed by atoms with E-state index in [0.29, 0.717) is 33.9 Å². The minimum Gasteiger partial charge on any atom is -0.497 e. The fourth-order valence-electron chi connectivity index (χ4n) is 2.78. The molecule has 1 amide bonds. The average Bonchev–Trinajstić information content (AvgIpc) is 2.98. The molecule has 0 aromatic heterocycles. The Labute approximate surface area is 188 Å². The van der Waals surface area contributed by atoms with E-state index in [2.05, 4.69) is 15.9 Å². The highest BCUT2D eigenvalue weighted by atomic mass is 79.9. The number of thiocarbonyl (C=S) groups is 1. The maximum atomic E-state index is 12.9. The topological polar surface area (TPSA) is 48.0 Å². The standard InChI is InChI=1S/C21H20BrNO4S2/c1-4-27-18-9-14(16(22)11-17(18)26-3)10-19-20(24)23(21(28)29-19)12-13-5-7-15(25-2)8-6-13/h5-11H,4,12H2,1-3H3. The molecule has 1 fully saturated rings. The van der Waals surface area contributed by atoms with Crippen molar-refractivity contribution >= 4 is 56.2 Å². The van der Waals surface area contributed by atoms with Gasteiger partial charge in [-0.25, -0.2) is 0 Å². The Kier molecular flexibility index (Phi) is 7.21. The fourth-order valence-corrected chi connectivity index (χ4v) is 4.46. The van der Waals surface area contributed by atoms with Gasteiger partial charge in [0, 0.05) is 4.47 Å². The van der Waals surface area contributed by atoms with Gasteiger partial charge in [-0.05, 0) is 48.4 Å². The summed E-state index contributed by atoms with van der Waals surface area (Å²) in [5, 5.41) is 0. The maximum Gasteiger partial charge on any atom is 0.266 e. The number of carbonyl (C=O) groups excluding carboxylic acids is 1. The number of hydrogen-bond acceptors (Lipinski definition) is 6. The van der Waals surface area contributed by atoms with Crippen LogP contribution in [0.5, 0.6) is 17.2 Å². The summed E-state index contributed by atoms with van der Waals surface area (Å²) in [7, 11) is 3.21. The molecule has 0 aliphatic carbocycles. The molecule has 2 aromatic carbocycles. The molecule has 8 heteroatoms. The van der Waals surface area contributed by atoms with Crippen LogP contribution in [0.2, 0.25) is 0 Å². The predicted molar refractivity (Wildman–Crippen MR) is 124 cm³/mol. The van der Waals surface area contributed by atoms with Crippen LogP contribution in [0.15, 0.2) is 45.8 Å². The first kappa shape index (κ1) is 21.7. The van der Waals surface area contributed by atoms with E-state index >= 15 is 0 Å². The van der Waals surface area contributed by atoms with E-state index in [1.807, 2.05) is 49.4 Å². The summed E-state index contributed by atoms with van der Waals surface area (Å²) in [5.74, 6) is 1.91. The zero-order valence-electron chi connectivity index (χ0n) is 16.2. The van der Waals surface area contributed by atoms with Gasteiger partial charge in [-0.2, -0.15) is 0 Å². The Morgan fingerprint density at radius 1 is 1.14 bits per heavy atom. The minimum atomic E-state index is -0.114. The molecule has 0 unspecified atom stereocenters. The van der Waals surface area contributed by atoms with Gasteiger partial charge in [0.15, 0.2) is 11.5 Å². The SMILES string of the molecule is CCOc1cc(C=C2SC(=S)N(Cc3ccc(OC)cc3)C2=O)c(Br)cc1OC. The number of methoxy groups -OCH3 is 2. The molecule has 0 spiro atoms. The van der Waals surface area contributed by atoms with Crippen LogP contribution in [-0.4, -0.2) is 36.0 Å². The van der Waals surface area contributed by atoms with Gasteiger partial charge in [-0.1, -0.05) is 52.0 Å². The average molecular weight is 494 g/mol. The van der Waals surface area contributed by atoms with E-state index in [1.54, 1.807) is 19.1 Å². The highest BCUT2D eigenvalue weighted by Gasteiger charge is 2.32. The molecule has 1 aliphatic heterocycles. The first-order valence-electron chi connectivity index (χ1n) is 8.85. The number of halogens is 1. The summed E-state index contributed by atoms with van der Waals surface area (Å²) in [5.41, 5.74) is 1.80. The van der Waals surface area contributed by atoms with E-state index in [4.69, 9.17) is 26.4 Å². The number of amides is 1. The van der Waals surface area contributed by atoms with Crippen molar-refractivity contribution in [3.05, 3.63) is 56.9 Å². The number of carbonyl (C=O) groups is 1. The number of rotatable bonds is 7. The molecule has 152 valence electrons. The molecular formula is C21H20BrNO4S2.